The van der Waals surface area contributed by atoms with Gasteiger partial charge in [0.05, 0.1) is 5.69 Å². The van der Waals surface area contributed by atoms with E-state index >= 15 is 0 Å². The van der Waals surface area contributed by atoms with Crippen molar-refractivity contribution in [3.8, 4) is 0 Å². The Morgan fingerprint density at radius 1 is 1.38 bits per heavy atom. The van der Waals surface area contributed by atoms with Gasteiger partial charge in [0.15, 0.2) is 0 Å². The average molecular weight is 350 g/mol. The van der Waals surface area contributed by atoms with Gasteiger partial charge in [-0.25, -0.2) is 0 Å². The summed E-state index contributed by atoms with van der Waals surface area (Å²) in [5, 5.41) is 7.33. The summed E-state index contributed by atoms with van der Waals surface area (Å²) in [6, 6.07) is 7.95. The molecule has 1 aromatic carbocycles. The zero-order valence-corrected chi connectivity index (χ0v) is 14.2. The van der Waals surface area contributed by atoms with Gasteiger partial charge in [-0.2, -0.15) is 5.10 Å². The fourth-order valence-corrected chi connectivity index (χ4v) is 2.80. The minimum atomic E-state index is 0.0672. The molecular formula is C16H20BrN3O. The first-order chi connectivity index (χ1) is 9.97. The predicted octanol–water partition coefficient (Wildman–Crippen LogP) is 3.05. The largest absolute Gasteiger partial charge is 0.352 e. The van der Waals surface area contributed by atoms with Gasteiger partial charge in [0.1, 0.15) is 0 Å². The Bertz CT molecular complexity index is 649. The number of aryl methyl sites for hydroxylation is 2. The smallest absolute Gasteiger partial charge is 0.220 e. The predicted molar refractivity (Wildman–Crippen MR) is 87.0 cm³/mol. The molecule has 0 spiro atoms. The van der Waals surface area contributed by atoms with Gasteiger partial charge >= 0.3 is 0 Å². The van der Waals surface area contributed by atoms with E-state index in [1.54, 1.807) is 0 Å². The Morgan fingerprint density at radius 3 is 2.76 bits per heavy atom. The highest BCUT2D eigenvalue weighted by molar-refractivity contribution is 9.10. The van der Waals surface area contributed by atoms with Crippen molar-refractivity contribution in [2.24, 2.45) is 7.05 Å². The van der Waals surface area contributed by atoms with Crippen LogP contribution in [0.1, 0.15) is 28.9 Å². The van der Waals surface area contributed by atoms with Gasteiger partial charge in [-0.15, -0.1) is 0 Å². The van der Waals surface area contributed by atoms with Crippen LogP contribution in [0.4, 0.5) is 0 Å². The molecule has 0 saturated carbocycles. The van der Waals surface area contributed by atoms with Gasteiger partial charge in [0, 0.05) is 30.2 Å². The van der Waals surface area contributed by atoms with E-state index in [-0.39, 0.29) is 5.91 Å². The normalized spacial score (nSPS) is 10.7. The molecule has 2 aromatic rings. The minimum absolute atomic E-state index is 0.0672. The van der Waals surface area contributed by atoms with Crippen molar-refractivity contribution in [1.82, 2.24) is 15.1 Å². The van der Waals surface area contributed by atoms with E-state index in [0.717, 1.165) is 27.8 Å². The molecule has 1 N–H and O–H groups in total. The maximum Gasteiger partial charge on any atom is 0.220 e. The van der Waals surface area contributed by atoms with E-state index in [1.165, 1.54) is 5.56 Å². The van der Waals surface area contributed by atoms with Crippen molar-refractivity contribution in [1.29, 1.82) is 0 Å². The molecule has 0 bridgehead atoms. The van der Waals surface area contributed by atoms with Crippen LogP contribution in [0.5, 0.6) is 0 Å². The van der Waals surface area contributed by atoms with Gasteiger partial charge < -0.3 is 5.32 Å². The average Bonchev–Trinajstić information content (AvgIpc) is 2.68. The van der Waals surface area contributed by atoms with E-state index in [1.807, 2.05) is 49.8 Å². The van der Waals surface area contributed by atoms with Gasteiger partial charge in [-0.05, 0) is 43.5 Å². The van der Waals surface area contributed by atoms with E-state index in [9.17, 15) is 4.79 Å². The summed E-state index contributed by atoms with van der Waals surface area (Å²) >= 11 is 3.43. The van der Waals surface area contributed by atoms with E-state index in [4.69, 9.17) is 0 Å². The summed E-state index contributed by atoms with van der Waals surface area (Å²) in [7, 11) is 1.93. The van der Waals surface area contributed by atoms with Gasteiger partial charge in [-0.1, -0.05) is 28.1 Å². The number of hydrogen-bond donors (Lipinski definition) is 1. The number of amides is 1. The zero-order chi connectivity index (χ0) is 15.4. The number of halogens is 1. The van der Waals surface area contributed by atoms with Gasteiger partial charge in [-0.3, -0.25) is 9.48 Å². The summed E-state index contributed by atoms with van der Waals surface area (Å²) < 4.78 is 2.89. The third-order valence-electron chi connectivity index (χ3n) is 3.64. The Hall–Kier alpha value is -1.62. The zero-order valence-electron chi connectivity index (χ0n) is 12.6. The van der Waals surface area contributed by atoms with E-state index in [2.05, 4.69) is 26.3 Å². The number of carbonyl (C=O) groups is 1. The summed E-state index contributed by atoms with van der Waals surface area (Å²) in [5.74, 6) is 0.0672. The molecule has 0 saturated heterocycles. The summed E-state index contributed by atoms with van der Waals surface area (Å²) in [4.78, 5) is 12.0. The molecule has 1 amide bonds. The summed E-state index contributed by atoms with van der Waals surface area (Å²) in [6.45, 7) is 4.58. The Kier molecular flexibility index (Phi) is 5.17. The second-order valence-corrected chi connectivity index (χ2v) is 6.10. The van der Waals surface area contributed by atoms with E-state index < -0.39 is 0 Å². The number of rotatable bonds is 5. The number of benzene rings is 1. The first-order valence-electron chi connectivity index (χ1n) is 6.97. The van der Waals surface area contributed by atoms with Crippen LogP contribution in [0.2, 0.25) is 0 Å². The van der Waals surface area contributed by atoms with Crippen molar-refractivity contribution in [3.05, 3.63) is 51.3 Å². The molecule has 1 heterocycles. The van der Waals surface area contributed by atoms with Crippen LogP contribution >= 0.6 is 15.9 Å². The van der Waals surface area contributed by atoms with Gasteiger partial charge in [0.25, 0.3) is 0 Å². The molecule has 5 heteroatoms. The summed E-state index contributed by atoms with van der Waals surface area (Å²) in [5.41, 5.74) is 4.41. The van der Waals surface area contributed by atoms with E-state index in [0.29, 0.717) is 13.0 Å². The minimum Gasteiger partial charge on any atom is -0.352 e. The fourth-order valence-electron chi connectivity index (χ4n) is 2.35. The van der Waals surface area contributed by atoms with Crippen molar-refractivity contribution < 1.29 is 4.79 Å². The number of nitrogens with one attached hydrogen (secondary N) is 1. The third kappa shape index (κ3) is 4.17. The van der Waals surface area contributed by atoms with Crippen molar-refractivity contribution in [3.63, 3.8) is 0 Å². The number of hydrogen-bond acceptors (Lipinski definition) is 2. The standard InChI is InChI=1S/C16H20BrN3O/c1-11-15(12(2)20(3)19-11)7-8-16(21)18-10-13-5-4-6-14(17)9-13/h4-6,9H,7-8,10H2,1-3H3,(H,18,21). The first-order valence-corrected chi connectivity index (χ1v) is 7.77. The van der Waals surface area contributed by atoms with Gasteiger partial charge in [0.2, 0.25) is 5.91 Å². The highest BCUT2D eigenvalue weighted by Crippen LogP contribution is 2.14. The van der Waals surface area contributed by atoms with Crippen molar-refractivity contribution >= 4 is 21.8 Å². The lowest BCUT2D eigenvalue weighted by Crippen LogP contribution is -2.23. The molecule has 0 radical (unpaired) electrons. The van der Waals surface area contributed by atoms with Crippen LogP contribution in [-0.4, -0.2) is 15.7 Å². The van der Waals surface area contributed by atoms with Crippen molar-refractivity contribution in [2.45, 2.75) is 33.2 Å². The molecule has 0 atom stereocenters. The Morgan fingerprint density at radius 2 is 2.14 bits per heavy atom. The monoisotopic (exact) mass is 349 g/mol. The Labute approximate surface area is 133 Å². The third-order valence-corrected chi connectivity index (χ3v) is 4.13. The molecule has 0 aliphatic carbocycles. The molecule has 0 aliphatic rings. The second-order valence-electron chi connectivity index (χ2n) is 5.18. The molecule has 112 valence electrons. The number of aromatic nitrogens is 2. The summed E-state index contributed by atoms with van der Waals surface area (Å²) in [6.07, 6.45) is 1.22. The van der Waals surface area contributed by atoms with Crippen LogP contribution in [0.25, 0.3) is 0 Å². The molecule has 0 unspecified atom stereocenters. The molecule has 0 aliphatic heterocycles. The fraction of sp³-hybridized carbons (Fsp3) is 0.375. The SMILES string of the molecule is Cc1nn(C)c(C)c1CCC(=O)NCc1cccc(Br)c1. The molecule has 4 nitrogen and oxygen atoms in total. The second kappa shape index (κ2) is 6.89. The maximum absolute atomic E-state index is 12.0. The molecule has 0 fully saturated rings. The van der Waals surface area contributed by atoms with Crippen LogP contribution in [-0.2, 0) is 24.8 Å². The molecule has 2 rings (SSSR count). The lowest BCUT2D eigenvalue weighted by atomic mass is 10.1. The lowest BCUT2D eigenvalue weighted by Gasteiger charge is -2.06. The maximum atomic E-state index is 12.0. The molecular weight excluding hydrogens is 330 g/mol. The quantitative estimate of drug-likeness (QED) is 0.901. The lowest BCUT2D eigenvalue weighted by molar-refractivity contribution is -0.121. The highest BCUT2D eigenvalue weighted by Gasteiger charge is 2.11. The Balaban J connectivity index is 1.85. The van der Waals surface area contributed by atoms with Crippen LogP contribution in [0.3, 0.4) is 0 Å². The van der Waals surface area contributed by atoms with Crippen LogP contribution in [0, 0.1) is 13.8 Å². The van der Waals surface area contributed by atoms with Crippen LogP contribution < -0.4 is 5.32 Å². The number of carbonyl (C=O) groups excluding carboxylic acids is 1. The topological polar surface area (TPSA) is 46.9 Å². The van der Waals surface area contributed by atoms with Crippen molar-refractivity contribution in [2.75, 3.05) is 0 Å². The molecule has 21 heavy (non-hydrogen) atoms. The van der Waals surface area contributed by atoms with Crippen LogP contribution in [0.15, 0.2) is 28.7 Å². The molecule has 1 aromatic heterocycles. The number of nitrogens with zero attached hydrogens (tertiary/aromatic N) is 2. The highest BCUT2D eigenvalue weighted by atomic mass is 79.9. The first kappa shape index (κ1) is 15.8.